The predicted molar refractivity (Wildman–Crippen MR) is 68.0 cm³/mol. The average molecular weight is 216 g/mol. The van der Waals surface area contributed by atoms with Crippen LogP contribution in [0.15, 0.2) is 52.9 Å². The maximum Gasteiger partial charge on any atom is 0.0783 e. The van der Waals surface area contributed by atoms with Crippen LogP contribution >= 0.6 is 11.3 Å². The van der Waals surface area contributed by atoms with Crippen LogP contribution in [-0.4, -0.2) is 9.52 Å². The molecule has 1 aromatic heterocycles. The number of rotatable bonds is 3. The summed E-state index contributed by atoms with van der Waals surface area (Å²) < 4.78 is 0. The van der Waals surface area contributed by atoms with Gasteiger partial charge in [0.15, 0.2) is 0 Å². The molecule has 70 valence electrons. The molecule has 0 unspecified atom stereocenters. The summed E-state index contributed by atoms with van der Waals surface area (Å²) in [6, 6.07) is 12.9. The van der Waals surface area contributed by atoms with Crippen LogP contribution in [0.1, 0.15) is 5.56 Å². The fraction of sp³-hybridized carbons (Fsp3) is 0. The number of benzene rings is 1. The van der Waals surface area contributed by atoms with E-state index in [2.05, 4.69) is 58.9 Å². The summed E-state index contributed by atoms with van der Waals surface area (Å²) >= 11 is 1.75. The number of hydrogen-bond donors (Lipinski definition) is 0. The van der Waals surface area contributed by atoms with Crippen molar-refractivity contribution in [2.75, 3.05) is 0 Å². The maximum absolute atomic E-state index is 2.34. The molecule has 0 aliphatic rings. The number of thiophene rings is 1. The minimum atomic E-state index is -0.210. The lowest BCUT2D eigenvalue weighted by atomic mass is 10.3. The van der Waals surface area contributed by atoms with Gasteiger partial charge in [-0.05, 0) is 22.4 Å². The second-order valence-corrected chi connectivity index (χ2v) is 5.62. The zero-order valence-electron chi connectivity index (χ0n) is 7.89. The molecule has 0 spiro atoms. The molecule has 0 bridgehead atoms. The van der Waals surface area contributed by atoms with Gasteiger partial charge in [-0.2, -0.15) is 11.3 Å². The van der Waals surface area contributed by atoms with Crippen LogP contribution in [0.25, 0.3) is 6.08 Å². The van der Waals surface area contributed by atoms with Crippen molar-refractivity contribution in [1.82, 2.24) is 0 Å². The molecule has 0 N–H and O–H groups in total. The molecule has 0 fully saturated rings. The Labute approximate surface area is 90.7 Å². The van der Waals surface area contributed by atoms with E-state index in [0.29, 0.717) is 0 Å². The first-order chi connectivity index (χ1) is 6.95. The van der Waals surface area contributed by atoms with E-state index in [1.165, 1.54) is 10.8 Å². The summed E-state index contributed by atoms with van der Waals surface area (Å²) in [5.41, 5.74) is 3.68. The highest BCUT2D eigenvalue weighted by molar-refractivity contribution is 7.08. The highest BCUT2D eigenvalue weighted by Crippen LogP contribution is 2.06. The summed E-state index contributed by atoms with van der Waals surface area (Å²) in [5, 5.41) is 5.79. The standard InChI is InChI=1S/C12H12SSi/c1-2-4-12(5-3-1)14-9-7-11-6-8-13-10-11/h1-10H,14H2/b9-7+. The Morgan fingerprint density at radius 1 is 1.07 bits per heavy atom. The van der Waals surface area contributed by atoms with Crippen LogP contribution in [0.3, 0.4) is 0 Å². The summed E-state index contributed by atoms with van der Waals surface area (Å²) in [6.45, 7) is 0. The van der Waals surface area contributed by atoms with Gasteiger partial charge in [-0.25, -0.2) is 0 Å². The van der Waals surface area contributed by atoms with E-state index in [0.717, 1.165) is 0 Å². The highest BCUT2D eigenvalue weighted by atomic mass is 32.1. The molecule has 0 saturated carbocycles. The Morgan fingerprint density at radius 2 is 1.93 bits per heavy atom. The summed E-state index contributed by atoms with van der Waals surface area (Å²) in [5.74, 6) is 0. The fourth-order valence-electron chi connectivity index (χ4n) is 1.32. The van der Waals surface area contributed by atoms with Gasteiger partial charge in [0.2, 0.25) is 0 Å². The molecule has 0 aliphatic carbocycles. The topological polar surface area (TPSA) is 0 Å². The van der Waals surface area contributed by atoms with E-state index in [4.69, 9.17) is 0 Å². The molecule has 0 saturated heterocycles. The molecule has 0 amide bonds. The molecule has 1 aromatic carbocycles. The van der Waals surface area contributed by atoms with E-state index in [-0.39, 0.29) is 9.52 Å². The van der Waals surface area contributed by atoms with E-state index < -0.39 is 0 Å². The van der Waals surface area contributed by atoms with Crippen LogP contribution < -0.4 is 5.19 Å². The lowest BCUT2D eigenvalue weighted by molar-refractivity contribution is 1.77. The van der Waals surface area contributed by atoms with Gasteiger partial charge in [-0.15, -0.1) is 0 Å². The Morgan fingerprint density at radius 3 is 2.64 bits per heavy atom. The summed E-state index contributed by atoms with van der Waals surface area (Å²) in [7, 11) is -0.210. The molecule has 2 rings (SSSR count). The van der Waals surface area contributed by atoms with Gasteiger partial charge < -0.3 is 0 Å². The Hall–Kier alpha value is -1.12. The minimum absolute atomic E-state index is 0.210. The van der Waals surface area contributed by atoms with E-state index >= 15 is 0 Å². The van der Waals surface area contributed by atoms with Crippen LogP contribution in [0.4, 0.5) is 0 Å². The van der Waals surface area contributed by atoms with E-state index in [1.54, 1.807) is 11.3 Å². The monoisotopic (exact) mass is 216 g/mol. The Balaban J connectivity index is 1.95. The van der Waals surface area contributed by atoms with Gasteiger partial charge in [0, 0.05) is 0 Å². The molecule has 1 heterocycles. The minimum Gasteiger partial charge on any atom is -0.152 e. The van der Waals surface area contributed by atoms with Crippen molar-refractivity contribution in [3.05, 3.63) is 58.4 Å². The third-order valence-corrected chi connectivity index (χ3v) is 4.17. The van der Waals surface area contributed by atoms with Crippen molar-refractivity contribution < 1.29 is 0 Å². The SMILES string of the molecule is C(=C\c1ccsc1)/[SiH2]c1ccccc1. The molecule has 0 nitrogen and oxygen atoms in total. The van der Waals surface area contributed by atoms with Gasteiger partial charge in [0.25, 0.3) is 0 Å². The lowest BCUT2D eigenvalue weighted by Crippen LogP contribution is -2.09. The first kappa shape index (κ1) is 9.43. The van der Waals surface area contributed by atoms with E-state index in [1.807, 2.05) is 0 Å². The van der Waals surface area contributed by atoms with Gasteiger partial charge >= 0.3 is 0 Å². The Kier molecular flexibility index (Phi) is 3.32. The summed E-state index contributed by atoms with van der Waals surface area (Å²) in [4.78, 5) is 0. The molecule has 14 heavy (non-hydrogen) atoms. The molecule has 2 aromatic rings. The second-order valence-electron chi connectivity index (χ2n) is 3.15. The van der Waals surface area contributed by atoms with Crippen molar-refractivity contribution in [1.29, 1.82) is 0 Å². The Bertz CT molecular complexity index is 390. The van der Waals surface area contributed by atoms with Crippen LogP contribution in [0, 0.1) is 0 Å². The van der Waals surface area contributed by atoms with Crippen LogP contribution in [-0.2, 0) is 0 Å². The van der Waals surface area contributed by atoms with Crippen molar-refractivity contribution in [2.45, 2.75) is 0 Å². The predicted octanol–water partition coefficient (Wildman–Crippen LogP) is 2.21. The van der Waals surface area contributed by atoms with Crippen molar-refractivity contribution >= 4 is 32.1 Å². The quantitative estimate of drug-likeness (QED) is 0.690. The van der Waals surface area contributed by atoms with Crippen LogP contribution in [0.2, 0.25) is 0 Å². The van der Waals surface area contributed by atoms with Crippen molar-refractivity contribution in [2.24, 2.45) is 0 Å². The van der Waals surface area contributed by atoms with Gasteiger partial charge in [0.05, 0.1) is 9.52 Å². The first-order valence-corrected chi connectivity index (χ1v) is 7.14. The molecular weight excluding hydrogens is 204 g/mol. The average Bonchev–Trinajstić information content (AvgIpc) is 2.72. The second kappa shape index (κ2) is 4.93. The fourth-order valence-corrected chi connectivity index (χ4v) is 3.15. The molecule has 0 radical (unpaired) electrons. The molecule has 0 aliphatic heterocycles. The van der Waals surface area contributed by atoms with Crippen molar-refractivity contribution in [3.8, 4) is 0 Å². The van der Waals surface area contributed by atoms with Crippen molar-refractivity contribution in [3.63, 3.8) is 0 Å². The van der Waals surface area contributed by atoms with Gasteiger partial charge in [-0.1, -0.05) is 47.3 Å². The van der Waals surface area contributed by atoms with Gasteiger partial charge in [0.1, 0.15) is 0 Å². The third-order valence-electron chi connectivity index (χ3n) is 2.05. The highest BCUT2D eigenvalue weighted by Gasteiger charge is 1.88. The van der Waals surface area contributed by atoms with E-state index in [9.17, 15) is 0 Å². The lowest BCUT2D eigenvalue weighted by Gasteiger charge is -1.92. The summed E-state index contributed by atoms with van der Waals surface area (Å²) in [6.07, 6.45) is 2.23. The smallest absolute Gasteiger partial charge is 0.0783 e. The largest absolute Gasteiger partial charge is 0.152 e. The number of hydrogen-bond acceptors (Lipinski definition) is 1. The zero-order chi connectivity index (χ0) is 9.64. The van der Waals surface area contributed by atoms with Gasteiger partial charge in [-0.3, -0.25) is 0 Å². The first-order valence-electron chi connectivity index (χ1n) is 4.68. The maximum atomic E-state index is 2.34. The molecule has 2 heteroatoms. The van der Waals surface area contributed by atoms with Crippen LogP contribution in [0.5, 0.6) is 0 Å². The molecule has 0 atom stereocenters. The molecular formula is C12H12SSi. The third kappa shape index (κ3) is 2.69. The zero-order valence-corrected chi connectivity index (χ0v) is 10.1. The normalized spacial score (nSPS) is 11.7.